The van der Waals surface area contributed by atoms with Crippen LogP contribution in [0.2, 0.25) is 0 Å². The number of carbonyl (C=O) groups excluding carboxylic acids is 1. The summed E-state index contributed by atoms with van der Waals surface area (Å²) in [6.45, 7) is 0.981. The third-order valence-electron chi connectivity index (χ3n) is 2.81. The number of rotatable bonds is 3. The normalized spacial score (nSPS) is 17.5. The molecule has 0 aliphatic heterocycles. The zero-order valence-electron chi connectivity index (χ0n) is 9.31. The molecule has 1 rings (SSSR count). The lowest BCUT2D eigenvalue weighted by Gasteiger charge is -2.28. The molecule has 94 valence electrons. The van der Waals surface area contributed by atoms with Gasteiger partial charge in [-0.1, -0.05) is 12.8 Å². The molecule has 1 N–H and O–H groups in total. The monoisotopic (exact) mass is 238 g/mol. The second-order valence-corrected chi connectivity index (χ2v) is 4.00. The van der Waals surface area contributed by atoms with E-state index in [0.717, 1.165) is 25.7 Å². The molecule has 1 saturated carbocycles. The first kappa shape index (κ1) is 13.1. The van der Waals surface area contributed by atoms with Crippen molar-refractivity contribution in [1.82, 2.24) is 10.2 Å². The van der Waals surface area contributed by atoms with E-state index in [1.54, 1.807) is 6.92 Å². The molecule has 0 bridgehead atoms. The predicted molar refractivity (Wildman–Crippen MR) is 54.1 cm³/mol. The molecule has 16 heavy (non-hydrogen) atoms. The fourth-order valence-electron chi connectivity index (χ4n) is 2.06. The summed E-state index contributed by atoms with van der Waals surface area (Å²) in [7, 11) is 0. The molecule has 0 unspecified atom stereocenters. The number of alkyl halides is 3. The van der Waals surface area contributed by atoms with Gasteiger partial charge in [0.1, 0.15) is 6.54 Å². The fraction of sp³-hybridized carbons (Fsp3) is 0.900. The van der Waals surface area contributed by atoms with Crippen molar-refractivity contribution in [3.63, 3.8) is 0 Å². The van der Waals surface area contributed by atoms with Gasteiger partial charge in [-0.15, -0.1) is 0 Å². The van der Waals surface area contributed by atoms with Crippen LogP contribution in [-0.4, -0.2) is 36.2 Å². The van der Waals surface area contributed by atoms with Gasteiger partial charge in [-0.05, 0) is 19.8 Å². The van der Waals surface area contributed by atoms with E-state index in [1.807, 2.05) is 5.32 Å². The van der Waals surface area contributed by atoms with E-state index in [-0.39, 0.29) is 6.04 Å². The van der Waals surface area contributed by atoms with Crippen LogP contribution in [0.5, 0.6) is 0 Å². The standard InChI is InChI=1S/C10H17F3N2O/c1-2-15(8-5-3-4-6-8)9(16)14-7-10(11,12)13/h8H,2-7H2,1H3,(H,14,16). The van der Waals surface area contributed by atoms with Crippen LogP contribution >= 0.6 is 0 Å². The van der Waals surface area contributed by atoms with Gasteiger partial charge >= 0.3 is 12.2 Å². The Kier molecular flexibility index (Phi) is 4.44. The summed E-state index contributed by atoms with van der Waals surface area (Å²) in [5.74, 6) is 0. The minimum Gasteiger partial charge on any atom is -0.329 e. The third kappa shape index (κ3) is 3.90. The first-order chi connectivity index (χ1) is 7.44. The van der Waals surface area contributed by atoms with Crippen LogP contribution in [-0.2, 0) is 0 Å². The van der Waals surface area contributed by atoms with Crippen LogP contribution < -0.4 is 5.32 Å². The van der Waals surface area contributed by atoms with E-state index in [4.69, 9.17) is 0 Å². The highest BCUT2D eigenvalue weighted by Crippen LogP contribution is 2.23. The number of hydrogen-bond acceptors (Lipinski definition) is 1. The molecule has 0 aromatic carbocycles. The van der Waals surface area contributed by atoms with E-state index in [2.05, 4.69) is 0 Å². The minimum absolute atomic E-state index is 0.109. The zero-order valence-corrected chi connectivity index (χ0v) is 9.31. The molecule has 0 heterocycles. The maximum Gasteiger partial charge on any atom is 0.405 e. The molecular formula is C10H17F3N2O. The lowest BCUT2D eigenvalue weighted by atomic mass is 10.2. The minimum atomic E-state index is -4.34. The first-order valence-electron chi connectivity index (χ1n) is 5.55. The Hall–Kier alpha value is -0.940. The van der Waals surface area contributed by atoms with Crippen molar-refractivity contribution in [3.05, 3.63) is 0 Å². The van der Waals surface area contributed by atoms with Crippen molar-refractivity contribution in [2.45, 2.75) is 44.8 Å². The molecule has 0 spiro atoms. The highest BCUT2D eigenvalue weighted by molar-refractivity contribution is 5.74. The summed E-state index contributed by atoms with van der Waals surface area (Å²) >= 11 is 0. The van der Waals surface area contributed by atoms with Gasteiger partial charge in [-0.2, -0.15) is 13.2 Å². The number of carbonyl (C=O) groups is 1. The molecular weight excluding hydrogens is 221 g/mol. The lowest BCUT2D eigenvalue weighted by molar-refractivity contribution is -0.123. The molecule has 3 nitrogen and oxygen atoms in total. The van der Waals surface area contributed by atoms with Crippen molar-refractivity contribution < 1.29 is 18.0 Å². The fourth-order valence-corrected chi connectivity index (χ4v) is 2.06. The second kappa shape index (κ2) is 5.41. The van der Waals surface area contributed by atoms with Crippen molar-refractivity contribution >= 4 is 6.03 Å². The number of halogens is 3. The number of urea groups is 1. The van der Waals surface area contributed by atoms with Crippen LogP contribution in [0.25, 0.3) is 0 Å². The molecule has 0 saturated heterocycles. The summed E-state index contributed by atoms with van der Waals surface area (Å²) in [5, 5.41) is 1.91. The quantitative estimate of drug-likeness (QED) is 0.805. The molecule has 0 aromatic rings. The van der Waals surface area contributed by atoms with E-state index < -0.39 is 18.8 Å². The molecule has 2 amide bonds. The van der Waals surface area contributed by atoms with Crippen LogP contribution in [0.15, 0.2) is 0 Å². The van der Waals surface area contributed by atoms with Crippen molar-refractivity contribution in [3.8, 4) is 0 Å². The smallest absolute Gasteiger partial charge is 0.329 e. The molecule has 6 heteroatoms. The maximum absolute atomic E-state index is 11.9. The predicted octanol–water partition coefficient (Wildman–Crippen LogP) is 2.52. The molecule has 0 aromatic heterocycles. The highest BCUT2D eigenvalue weighted by Gasteiger charge is 2.30. The SMILES string of the molecule is CCN(C(=O)NCC(F)(F)F)C1CCCC1. The van der Waals surface area contributed by atoms with Gasteiger partial charge in [0, 0.05) is 12.6 Å². The van der Waals surface area contributed by atoms with E-state index >= 15 is 0 Å². The number of amides is 2. The third-order valence-corrected chi connectivity index (χ3v) is 2.81. The summed E-state index contributed by atoms with van der Waals surface area (Å²) in [6, 6.07) is -0.495. The van der Waals surface area contributed by atoms with Gasteiger partial charge in [0.05, 0.1) is 0 Å². The average molecular weight is 238 g/mol. The Balaban J connectivity index is 2.43. The van der Waals surface area contributed by atoms with Gasteiger partial charge in [0.15, 0.2) is 0 Å². The average Bonchev–Trinajstić information content (AvgIpc) is 2.68. The summed E-state index contributed by atoms with van der Waals surface area (Å²) < 4.78 is 35.8. The van der Waals surface area contributed by atoms with Crippen LogP contribution in [0, 0.1) is 0 Å². The molecule has 1 aliphatic carbocycles. The molecule has 1 fully saturated rings. The van der Waals surface area contributed by atoms with Gasteiger partial charge in [-0.25, -0.2) is 4.79 Å². The maximum atomic E-state index is 11.9. The number of nitrogens with one attached hydrogen (secondary N) is 1. The zero-order chi connectivity index (χ0) is 12.2. The summed E-state index contributed by atoms with van der Waals surface area (Å²) in [4.78, 5) is 13.0. The molecule has 0 atom stereocenters. The Morgan fingerprint density at radius 1 is 1.38 bits per heavy atom. The van der Waals surface area contributed by atoms with Crippen molar-refractivity contribution in [2.75, 3.05) is 13.1 Å². The summed E-state index contributed by atoms with van der Waals surface area (Å²) in [5.41, 5.74) is 0. The van der Waals surface area contributed by atoms with Gasteiger partial charge < -0.3 is 10.2 Å². The number of nitrogens with zero attached hydrogens (tertiary/aromatic N) is 1. The largest absolute Gasteiger partial charge is 0.405 e. The van der Waals surface area contributed by atoms with Crippen molar-refractivity contribution in [1.29, 1.82) is 0 Å². The lowest BCUT2D eigenvalue weighted by Crippen LogP contribution is -2.47. The van der Waals surface area contributed by atoms with E-state index in [9.17, 15) is 18.0 Å². The molecule has 0 radical (unpaired) electrons. The Labute approximate surface area is 93.0 Å². The van der Waals surface area contributed by atoms with E-state index in [0.29, 0.717) is 6.54 Å². The highest BCUT2D eigenvalue weighted by atomic mass is 19.4. The van der Waals surface area contributed by atoms with Gasteiger partial charge in [0.25, 0.3) is 0 Å². The van der Waals surface area contributed by atoms with Gasteiger partial charge in [0.2, 0.25) is 0 Å². The summed E-state index contributed by atoms with van der Waals surface area (Å²) in [6.07, 6.45) is -0.452. The number of hydrogen-bond donors (Lipinski definition) is 1. The molecule has 1 aliphatic rings. The van der Waals surface area contributed by atoms with Crippen LogP contribution in [0.1, 0.15) is 32.6 Å². The van der Waals surface area contributed by atoms with Crippen molar-refractivity contribution in [2.24, 2.45) is 0 Å². The Morgan fingerprint density at radius 3 is 2.38 bits per heavy atom. The Bertz CT molecular complexity index is 237. The van der Waals surface area contributed by atoms with Gasteiger partial charge in [-0.3, -0.25) is 0 Å². The van der Waals surface area contributed by atoms with E-state index in [1.165, 1.54) is 4.90 Å². The van der Waals surface area contributed by atoms with Crippen LogP contribution in [0.4, 0.5) is 18.0 Å². The van der Waals surface area contributed by atoms with Crippen LogP contribution in [0.3, 0.4) is 0 Å². The topological polar surface area (TPSA) is 32.3 Å². The second-order valence-electron chi connectivity index (χ2n) is 4.00. The first-order valence-corrected chi connectivity index (χ1v) is 5.55. The Morgan fingerprint density at radius 2 is 1.94 bits per heavy atom.